The summed E-state index contributed by atoms with van der Waals surface area (Å²) in [6.45, 7) is 0. The molecular weight excluding hydrogens is 1650 g/mol. The second-order valence-corrected chi connectivity index (χ2v) is 33.0. The van der Waals surface area contributed by atoms with E-state index < -0.39 is 0 Å². The third kappa shape index (κ3) is 17.3. The lowest BCUT2D eigenvalue weighted by Crippen LogP contribution is -1.98. The summed E-state index contributed by atoms with van der Waals surface area (Å²) >= 11 is 0. The Balaban J connectivity index is 0.000000118. The quantitative estimate of drug-likeness (QED) is 0.0824. The van der Waals surface area contributed by atoms with Gasteiger partial charge in [0.1, 0.15) is 33.1 Å². The molecule has 12 heteroatoms. The summed E-state index contributed by atoms with van der Waals surface area (Å²) in [7, 11) is 0. The van der Waals surface area contributed by atoms with E-state index >= 15 is 0 Å². The van der Waals surface area contributed by atoms with E-state index in [4.69, 9.17) is 30.6 Å². The van der Waals surface area contributed by atoms with Crippen molar-refractivity contribution in [3.05, 3.63) is 510 Å². The number of pyridine rings is 3. The van der Waals surface area contributed by atoms with Gasteiger partial charge in [-0.05, 0) is 253 Å². The minimum absolute atomic E-state index is 0.836. The van der Waals surface area contributed by atoms with Crippen molar-refractivity contribution in [1.29, 1.82) is 0 Å². The molecule has 0 amide bonds. The number of hydrogen-bond donors (Lipinski definition) is 0. The van der Waals surface area contributed by atoms with Crippen molar-refractivity contribution in [3.63, 3.8) is 0 Å². The Kier molecular flexibility index (Phi) is 23.0. The van der Waals surface area contributed by atoms with E-state index in [1.807, 2.05) is 73.4 Å². The van der Waals surface area contributed by atoms with E-state index in [0.717, 1.165) is 184 Å². The van der Waals surface area contributed by atoms with Crippen molar-refractivity contribution in [2.24, 2.45) is 0 Å². The van der Waals surface area contributed by atoms with Crippen LogP contribution in [-0.2, 0) is 0 Å². The lowest BCUT2D eigenvalue weighted by atomic mass is 9.89. The van der Waals surface area contributed by atoms with Crippen molar-refractivity contribution >= 4 is 33.1 Å². The van der Waals surface area contributed by atoms with Gasteiger partial charge in [0.2, 0.25) is 0 Å². The highest BCUT2D eigenvalue weighted by molar-refractivity contribution is 6.05. The molecule has 0 radical (unpaired) electrons. The predicted molar refractivity (Wildman–Crippen MR) is 552 cm³/mol. The van der Waals surface area contributed by atoms with Crippen LogP contribution in [0.5, 0.6) is 0 Å². The van der Waals surface area contributed by atoms with E-state index in [1.165, 1.54) is 33.4 Å². The lowest BCUT2D eigenvalue weighted by Gasteiger charge is -2.14. The van der Waals surface area contributed by atoms with Crippen LogP contribution in [0.4, 0.5) is 0 Å². The smallest absolute Gasteiger partial charge is 0.121 e. The number of nitrogens with zero attached hydrogens (tertiary/aromatic N) is 12. The van der Waals surface area contributed by atoms with Gasteiger partial charge in [0, 0.05) is 53.9 Å². The zero-order valence-electron chi connectivity index (χ0n) is 73.4. The van der Waals surface area contributed by atoms with Gasteiger partial charge in [-0.2, -0.15) is 14.4 Å². The van der Waals surface area contributed by atoms with Crippen molar-refractivity contribution in [3.8, 4) is 184 Å². The molecular formula is C123H84N12. The van der Waals surface area contributed by atoms with Gasteiger partial charge in [-0.15, -0.1) is 30.6 Å². The number of aromatic nitrogens is 12. The van der Waals surface area contributed by atoms with Gasteiger partial charge in [0.05, 0.1) is 17.1 Å². The molecule has 0 saturated heterocycles. The molecule has 0 aliphatic rings. The molecule has 0 N–H and O–H groups in total. The van der Waals surface area contributed by atoms with Crippen LogP contribution in [0.25, 0.3) is 217 Å². The summed E-state index contributed by atoms with van der Waals surface area (Å²) in [6.07, 6.45) is 10.9. The molecule has 636 valence electrons. The molecule has 0 bridgehead atoms. The summed E-state index contributed by atoms with van der Waals surface area (Å²) in [6, 6.07) is 165. The van der Waals surface area contributed by atoms with Crippen LogP contribution in [0.1, 0.15) is 0 Å². The molecule has 0 saturated carbocycles. The van der Waals surface area contributed by atoms with Crippen LogP contribution in [0.2, 0.25) is 0 Å². The topological polar surface area (TPSA) is 131 Å². The fourth-order valence-corrected chi connectivity index (χ4v) is 18.1. The first-order valence-electron chi connectivity index (χ1n) is 45.1. The van der Waals surface area contributed by atoms with E-state index in [0.29, 0.717) is 0 Å². The molecule has 0 aliphatic carbocycles. The normalized spacial score (nSPS) is 11.1. The van der Waals surface area contributed by atoms with Gasteiger partial charge in [-0.25, -0.2) is 0 Å². The van der Waals surface area contributed by atoms with Crippen LogP contribution >= 0.6 is 0 Å². The monoisotopic (exact) mass is 1730 g/mol. The second-order valence-electron chi connectivity index (χ2n) is 33.0. The Hall–Kier alpha value is -18.4. The molecule has 135 heavy (non-hydrogen) atoms. The predicted octanol–water partition coefficient (Wildman–Crippen LogP) is 30.5. The number of rotatable bonds is 18. The largest absolute Gasteiger partial charge is 0.265 e. The summed E-state index contributed by atoms with van der Waals surface area (Å²) in [4.78, 5) is 17.9. The van der Waals surface area contributed by atoms with Gasteiger partial charge < -0.3 is 0 Å². The van der Waals surface area contributed by atoms with E-state index in [-0.39, 0.29) is 0 Å². The summed E-state index contributed by atoms with van der Waals surface area (Å²) in [5, 5.41) is 30.6. The van der Waals surface area contributed by atoms with Crippen molar-refractivity contribution in [2.45, 2.75) is 0 Å². The molecule has 0 spiro atoms. The Morgan fingerprint density at radius 3 is 0.674 bits per heavy atom. The first kappa shape index (κ1) is 82.3. The minimum Gasteiger partial charge on any atom is -0.265 e. The molecule has 12 nitrogen and oxygen atoms in total. The standard InChI is InChI=1S/3C41H28N4/c1-3-12-30(13-4-1)35-18-7-8-20-37(35)33-27-39(38-21-10-9-19-36(38)31-14-5-2-6-15-31)41-40(28-33)43-45(44-41)34-17-11-16-32(26-34)29-22-24-42-25-23-29;1-3-12-30(13-4-1)35-17-7-8-19-37(35)33-26-39(38-20-10-9-18-36(38)31-14-5-2-6-15-31)41-40(27-33)43-45(44-41)34-23-21-29(22-24-34)32-16-11-25-42-28-32;1-3-11-31(12-4-1)35-15-7-8-17-37(35)33-27-39(38-18-10-9-16-36(38)32-13-5-2-6-14-32)41-40(28-33)43-45(44-41)34-21-19-29(20-22-34)30-23-25-42-26-24-30/h3*1-28H. The van der Waals surface area contributed by atoms with Gasteiger partial charge in [0.15, 0.2) is 0 Å². The highest BCUT2D eigenvalue weighted by Gasteiger charge is 2.24. The number of fused-ring (bicyclic) bond motifs is 3. The summed E-state index contributed by atoms with van der Waals surface area (Å²) in [5.74, 6) is 0. The van der Waals surface area contributed by atoms with Crippen molar-refractivity contribution in [2.75, 3.05) is 0 Å². The third-order valence-electron chi connectivity index (χ3n) is 24.6. The van der Waals surface area contributed by atoms with Gasteiger partial charge in [0.25, 0.3) is 0 Å². The van der Waals surface area contributed by atoms with Crippen LogP contribution < -0.4 is 0 Å². The molecule has 0 unspecified atom stereocenters. The Bertz CT molecular complexity index is 7960. The fourth-order valence-electron chi connectivity index (χ4n) is 18.1. The van der Waals surface area contributed by atoms with Crippen LogP contribution in [0, 0.1) is 0 Å². The van der Waals surface area contributed by atoms with Crippen LogP contribution in [0.3, 0.4) is 0 Å². The molecule has 18 aromatic carbocycles. The molecule has 0 fully saturated rings. The maximum atomic E-state index is 5.14. The first-order valence-corrected chi connectivity index (χ1v) is 45.1. The molecule has 6 heterocycles. The maximum absolute atomic E-state index is 5.14. The number of hydrogen-bond acceptors (Lipinski definition) is 9. The zero-order chi connectivity index (χ0) is 90.0. The molecule has 6 aromatic heterocycles. The molecule has 24 aromatic rings. The van der Waals surface area contributed by atoms with Crippen molar-refractivity contribution in [1.82, 2.24) is 59.9 Å². The Morgan fingerprint density at radius 2 is 0.370 bits per heavy atom. The average molecular weight is 1730 g/mol. The van der Waals surface area contributed by atoms with E-state index in [2.05, 4.69) is 446 Å². The lowest BCUT2D eigenvalue weighted by molar-refractivity contribution is 0.766. The fraction of sp³-hybridized carbons (Fsp3) is 0. The highest BCUT2D eigenvalue weighted by atomic mass is 15.5. The van der Waals surface area contributed by atoms with Gasteiger partial charge >= 0.3 is 0 Å². The Labute approximate surface area is 782 Å². The van der Waals surface area contributed by atoms with Crippen molar-refractivity contribution < 1.29 is 0 Å². The first-order chi connectivity index (χ1) is 66.9. The SMILES string of the molecule is c1ccc(-c2ccccc2-c2cc(-c3ccccc3-c3ccccc3)c3nn(-c4ccc(-c5cccnc5)cc4)nc3c2)cc1.c1ccc(-c2ccccc2-c2cc(-c3ccccc3-c3ccccc3)c3nn(-c4ccc(-c5ccncc5)cc4)nc3c2)cc1.c1ccc(-c2ccccc2-c2cc(-c3ccccc3-c3ccccc3)c3nn(-c4cccc(-c5ccncc5)c4)nc3c2)cc1. The average Bonchev–Trinajstić information content (AvgIpc) is 1.65. The Morgan fingerprint density at radius 1 is 0.126 bits per heavy atom. The second kappa shape index (κ2) is 37.7. The number of benzene rings is 18. The minimum atomic E-state index is 0.836. The summed E-state index contributed by atoms with van der Waals surface area (Å²) < 4.78 is 0. The van der Waals surface area contributed by atoms with E-state index in [9.17, 15) is 0 Å². The zero-order valence-corrected chi connectivity index (χ0v) is 73.4. The molecule has 0 aliphatic heterocycles. The maximum Gasteiger partial charge on any atom is 0.121 e. The highest BCUT2D eigenvalue weighted by Crippen LogP contribution is 2.46. The van der Waals surface area contributed by atoms with Crippen LogP contribution in [0.15, 0.2) is 510 Å². The molecule has 0 atom stereocenters. The van der Waals surface area contributed by atoms with Crippen LogP contribution in [-0.4, -0.2) is 59.9 Å². The van der Waals surface area contributed by atoms with E-state index in [1.54, 1.807) is 20.6 Å². The van der Waals surface area contributed by atoms with Gasteiger partial charge in [-0.3, -0.25) is 15.0 Å². The summed E-state index contributed by atoms with van der Waals surface area (Å²) in [5.41, 5.74) is 41.6. The van der Waals surface area contributed by atoms with Gasteiger partial charge in [-0.1, -0.05) is 370 Å². The third-order valence-corrected chi connectivity index (χ3v) is 24.6. The molecule has 24 rings (SSSR count).